The van der Waals surface area contributed by atoms with E-state index >= 15 is 0 Å². The van der Waals surface area contributed by atoms with Gasteiger partial charge in [-0.05, 0) is 34.5 Å². The van der Waals surface area contributed by atoms with Crippen molar-refractivity contribution in [2.75, 3.05) is 0 Å². The Bertz CT molecular complexity index is 1000. The Hall–Kier alpha value is -1.86. The zero-order chi connectivity index (χ0) is 15.9. The largest absolute Gasteiger partial charge is 0.326 e. The Morgan fingerprint density at radius 3 is 2.59 bits per heavy atom. The molecule has 2 heterocycles. The molecule has 0 radical (unpaired) electrons. The van der Waals surface area contributed by atoms with E-state index in [4.69, 9.17) is 0 Å². The third kappa shape index (κ3) is 2.50. The van der Waals surface area contributed by atoms with Crippen molar-refractivity contribution in [1.82, 2.24) is 8.96 Å². The van der Waals surface area contributed by atoms with Gasteiger partial charge in [-0.2, -0.15) is 0 Å². The maximum absolute atomic E-state index is 12.8. The van der Waals surface area contributed by atoms with Gasteiger partial charge in [0.05, 0.1) is 5.75 Å². The molecule has 0 aliphatic heterocycles. The quantitative estimate of drug-likeness (QED) is 0.759. The van der Waals surface area contributed by atoms with Gasteiger partial charge in [-0.3, -0.25) is 4.79 Å². The minimum absolute atomic E-state index is 0.141. The third-order valence-corrected chi connectivity index (χ3v) is 5.79. The lowest BCUT2D eigenvalue weighted by Gasteiger charge is -2.09. The van der Waals surface area contributed by atoms with Crippen LogP contribution in [0.15, 0.2) is 51.9 Å². The minimum atomic E-state index is -3.69. The molecular weight excluding hydrogens is 368 g/mol. The van der Waals surface area contributed by atoms with E-state index in [2.05, 4.69) is 20.9 Å². The van der Waals surface area contributed by atoms with Crippen molar-refractivity contribution in [3.05, 3.63) is 68.7 Å². The molecule has 0 atom stereocenters. The highest BCUT2D eigenvalue weighted by atomic mass is 79.9. The van der Waals surface area contributed by atoms with Gasteiger partial charge in [0.25, 0.3) is 5.56 Å². The van der Waals surface area contributed by atoms with Gasteiger partial charge < -0.3 is 4.98 Å². The van der Waals surface area contributed by atoms with Crippen LogP contribution in [0, 0.1) is 6.92 Å². The van der Waals surface area contributed by atoms with E-state index in [1.54, 1.807) is 37.3 Å². The molecule has 22 heavy (non-hydrogen) atoms. The number of nitrogens with zero attached hydrogens (tertiary/aromatic N) is 1. The van der Waals surface area contributed by atoms with Gasteiger partial charge in [-0.15, -0.1) is 0 Å². The van der Waals surface area contributed by atoms with E-state index in [0.29, 0.717) is 21.1 Å². The fourth-order valence-corrected chi connectivity index (χ4v) is 4.61. The van der Waals surface area contributed by atoms with Crippen LogP contribution in [-0.2, 0) is 15.8 Å². The summed E-state index contributed by atoms with van der Waals surface area (Å²) in [5, 5.41) is 0.581. The molecule has 0 saturated carbocycles. The van der Waals surface area contributed by atoms with E-state index < -0.39 is 15.6 Å². The summed E-state index contributed by atoms with van der Waals surface area (Å²) in [4.78, 5) is 14.6. The number of hydrogen-bond donors (Lipinski definition) is 1. The second-order valence-electron chi connectivity index (χ2n) is 5.02. The Morgan fingerprint density at radius 2 is 1.91 bits per heavy atom. The summed E-state index contributed by atoms with van der Waals surface area (Å²) in [5.74, 6) is -0.162. The van der Waals surface area contributed by atoms with Crippen LogP contribution >= 0.6 is 15.9 Å². The monoisotopic (exact) mass is 380 g/mol. The summed E-state index contributed by atoms with van der Waals surface area (Å²) < 4.78 is 27.3. The topological polar surface area (TPSA) is 71.9 Å². The predicted octanol–water partition coefficient (Wildman–Crippen LogP) is 2.78. The molecule has 1 aromatic carbocycles. The molecule has 7 heteroatoms. The Morgan fingerprint density at radius 1 is 1.23 bits per heavy atom. The van der Waals surface area contributed by atoms with Gasteiger partial charge in [-0.25, -0.2) is 12.4 Å². The van der Waals surface area contributed by atoms with Crippen molar-refractivity contribution < 1.29 is 8.42 Å². The summed E-state index contributed by atoms with van der Waals surface area (Å²) in [6.07, 6.45) is 1.51. The summed E-state index contributed by atoms with van der Waals surface area (Å²) in [7, 11) is -3.69. The van der Waals surface area contributed by atoms with E-state index in [1.165, 1.54) is 6.20 Å². The number of rotatable bonds is 3. The van der Waals surface area contributed by atoms with Gasteiger partial charge in [0, 0.05) is 21.7 Å². The second-order valence-corrected chi connectivity index (χ2v) is 7.69. The molecule has 1 N–H and O–H groups in total. The molecule has 0 aliphatic rings. The van der Waals surface area contributed by atoms with Gasteiger partial charge in [0.15, 0.2) is 0 Å². The number of aryl methyl sites for hydroxylation is 1. The van der Waals surface area contributed by atoms with E-state index in [-0.39, 0.29) is 11.3 Å². The van der Waals surface area contributed by atoms with Gasteiger partial charge in [0.2, 0.25) is 10.0 Å². The van der Waals surface area contributed by atoms with Crippen molar-refractivity contribution in [1.29, 1.82) is 0 Å². The number of hydrogen-bond acceptors (Lipinski definition) is 3. The fourth-order valence-electron chi connectivity index (χ4n) is 2.50. The Kier molecular flexibility index (Phi) is 3.70. The third-order valence-electron chi connectivity index (χ3n) is 3.40. The molecule has 0 fully saturated rings. The SMILES string of the molecule is Cc1cc2c(Br)c[nH]c(=O)c2n1S(=O)(=O)Cc1ccccc1. The molecular formula is C15H13BrN2O3S. The summed E-state index contributed by atoms with van der Waals surface area (Å²) >= 11 is 3.33. The van der Waals surface area contributed by atoms with Crippen LogP contribution in [0.1, 0.15) is 11.3 Å². The Labute approximate surface area is 135 Å². The first-order chi connectivity index (χ1) is 10.4. The normalized spacial score (nSPS) is 11.9. The first-order valence-corrected chi connectivity index (χ1v) is 8.97. The summed E-state index contributed by atoms with van der Waals surface area (Å²) in [5.41, 5.74) is 0.893. The molecule has 114 valence electrons. The number of halogens is 1. The summed E-state index contributed by atoms with van der Waals surface area (Å²) in [6.45, 7) is 1.68. The standard InChI is InChI=1S/C15H13BrN2O3S/c1-10-7-12-13(16)8-17-15(19)14(12)18(10)22(20,21)9-11-5-3-2-4-6-11/h2-8H,9H2,1H3,(H,17,19). The van der Waals surface area contributed by atoms with Crippen LogP contribution in [-0.4, -0.2) is 17.4 Å². The number of aromatic amines is 1. The first-order valence-electron chi connectivity index (χ1n) is 6.56. The zero-order valence-corrected chi connectivity index (χ0v) is 14.1. The van der Waals surface area contributed by atoms with Crippen LogP contribution in [0.5, 0.6) is 0 Å². The van der Waals surface area contributed by atoms with Crippen LogP contribution in [0.25, 0.3) is 10.9 Å². The number of benzene rings is 1. The highest BCUT2D eigenvalue weighted by molar-refractivity contribution is 9.10. The molecule has 0 spiro atoms. The Balaban J connectivity index is 2.24. The predicted molar refractivity (Wildman–Crippen MR) is 89.5 cm³/mol. The van der Waals surface area contributed by atoms with Crippen LogP contribution in [0.2, 0.25) is 0 Å². The second kappa shape index (κ2) is 5.40. The molecule has 3 aromatic rings. The highest BCUT2D eigenvalue weighted by Gasteiger charge is 2.22. The summed E-state index contributed by atoms with van der Waals surface area (Å²) in [6, 6.07) is 10.6. The smallest absolute Gasteiger partial charge is 0.273 e. The average Bonchev–Trinajstić information content (AvgIpc) is 2.83. The molecule has 0 aliphatic carbocycles. The lowest BCUT2D eigenvalue weighted by atomic mass is 10.2. The fraction of sp³-hybridized carbons (Fsp3) is 0.133. The molecule has 3 rings (SSSR count). The molecule has 0 amide bonds. The molecule has 0 saturated heterocycles. The van der Waals surface area contributed by atoms with E-state index in [0.717, 1.165) is 3.97 Å². The lowest BCUT2D eigenvalue weighted by molar-refractivity contribution is 0.587. The maximum atomic E-state index is 12.8. The lowest BCUT2D eigenvalue weighted by Crippen LogP contribution is -2.20. The molecule has 0 unspecified atom stereocenters. The van der Waals surface area contributed by atoms with Crippen LogP contribution in [0.4, 0.5) is 0 Å². The zero-order valence-electron chi connectivity index (χ0n) is 11.7. The minimum Gasteiger partial charge on any atom is -0.326 e. The molecule has 0 bridgehead atoms. The van der Waals surface area contributed by atoms with Gasteiger partial charge >= 0.3 is 0 Å². The van der Waals surface area contributed by atoms with Gasteiger partial charge in [-0.1, -0.05) is 30.3 Å². The highest BCUT2D eigenvalue weighted by Crippen LogP contribution is 2.26. The molecule has 2 aromatic heterocycles. The number of H-pyrrole nitrogens is 1. The van der Waals surface area contributed by atoms with Crippen molar-refractivity contribution in [2.45, 2.75) is 12.7 Å². The van der Waals surface area contributed by atoms with Crippen molar-refractivity contribution in [3.63, 3.8) is 0 Å². The number of pyridine rings is 1. The van der Waals surface area contributed by atoms with Crippen molar-refractivity contribution in [3.8, 4) is 0 Å². The number of nitrogens with one attached hydrogen (secondary N) is 1. The van der Waals surface area contributed by atoms with Crippen LogP contribution in [0.3, 0.4) is 0 Å². The number of aromatic nitrogens is 2. The average molecular weight is 381 g/mol. The maximum Gasteiger partial charge on any atom is 0.273 e. The van der Waals surface area contributed by atoms with Crippen molar-refractivity contribution in [2.24, 2.45) is 0 Å². The molecule has 5 nitrogen and oxygen atoms in total. The van der Waals surface area contributed by atoms with Gasteiger partial charge in [0.1, 0.15) is 5.52 Å². The number of fused-ring (bicyclic) bond motifs is 1. The van der Waals surface area contributed by atoms with Crippen LogP contribution < -0.4 is 5.56 Å². The van der Waals surface area contributed by atoms with Crippen molar-refractivity contribution >= 4 is 36.9 Å². The van der Waals surface area contributed by atoms with E-state index in [1.807, 2.05) is 6.07 Å². The van der Waals surface area contributed by atoms with E-state index in [9.17, 15) is 13.2 Å². The first kappa shape index (κ1) is 15.1.